The summed E-state index contributed by atoms with van der Waals surface area (Å²) in [5, 5.41) is 0. The number of allylic oxidation sites excluding steroid dienone is 2. The lowest BCUT2D eigenvalue weighted by molar-refractivity contribution is 0.0884. The van der Waals surface area contributed by atoms with Gasteiger partial charge in [0.2, 0.25) is 0 Å². The fraction of sp³-hybridized carbons (Fsp3) is 0.133. The molecule has 98 valence electrons. The normalized spacial score (nSPS) is 18.5. The minimum absolute atomic E-state index is 0.0798. The van der Waals surface area contributed by atoms with Crippen molar-refractivity contribution in [1.82, 2.24) is 0 Å². The van der Waals surface area contributed by atoms with Gasteiger partial charge in [0.15, 0.2) is 5.78 Å². The maximum atomic E-state index is 13.4. The second kappa shape index (κ2) is 5.53. The van der Waals surface area contributed by atoms with Crippen molar-refractivity contribution in [2.45, 2.75) is 12.5 Å². The quantitative estimate of drug-likeness (QED) is 0.772. The summed E-state index contributed by atoms with van der Waals surface area (Å²) in [7, 11) is 0. The van der Waals surface area contributed by atoms with E-state index >= 15 is 0 Å². The number of ketones is 1. The number of rotatable bonds is 3. The van der Waals surface area contributed by atoms with Gasteiger partial charge < -0.3 is 4.74 Å². The van der Waals surface area contributed by atoms with Crippen molar-refractivity contribution in [2.24, 2.45) is 0 Å². The van der Waals surface area contributed by atoms with Crippen LogP contribution >= 0.6 is 15.9 Å². The first-order valence-corrected chi connectivity index (χ1v) is 6.49. The molecule has 19 heavy (non-hydrogen) atoms. The Morgan fingerprint density at radius 2 is 2.26 bits per heavy atom. The summed E-state index contributed by atoms with van der Waals surface area (Å²) >= 11 is 3.30. The molecule has 0 radical (unpaired) electrons. The second-order valence-corrected chi connectivity index (χ2v) is 5.05. The summed E-state index contributed by atoms with van der Waals surface area (Å²) in [6.07, 6.45) is 2.36. The Hall–Kier alpha value is -1.68. The number of fused-ring (bicyclic) bond motifs is 1. The van der Waals surface area contributed by atoms with E-state index in [0.29, 0.717) is 11.3 Å². The SMILES string of the molecule is C=C/C=C(\C(=C)F)C1CC(=O)c2cc(Br)ccc2O1. The molecule has 1 aliphatic rings. The average Bonchev–Trinajstić information content (AvgIpc) is 2.36. The van der Waals surface area contributed by atoms with Crippen molar-refractivity contribution < 1.29 is 13.9 Å². The summed E-state index contributed by atoms with van der Waals surface area (Å²) in [6, 6.07) is 5.17. The first-order chi connectivity index (χ1) is 9.02. The maximum Gasteiger partial charge on any atom is 0.170 e. The molecule has 0 fully saturated rings. The van der Waals surface area contributed by atoms with Crippen molar-refractivity contribution in [2.75, 3.05) is 0 Å². The number of benzene rings is 1. The molecular formula is C15H12BrFO2. The maximum absolute atomic E-state index is 13.4. The minimum Gasteiger partial charge on any atom is -0.484 e. The highest BCUT2D eigenvalue weighted by molar-refractivity contribution is 9.10. The average molecular weight is 323 g/mol. The van der Waals surface area contributed by atoms with E-state index in [4.69, 9.17) is 4.74 Å². The molecule has 0 aromatic heterocycles. The second-order valence-electron chi connectivity index (χ2n) is 4.14. The van der Waals surface area contributed by atoms with E-state index in [1.165, 1.54) is 12.2 Å². The Morgan fingerprint density at radius 3 is 2.89 bits per heavy atom. The molecule has 0 bridgehead atoms. The highest BCUT2D eigenvalue weighted by Crippen LogP contribution is 2.33. The van der Waals surface area contributed by atoms with Crippen LogP contribution in [-0.4, -0.2) is 11.9 Å². The molecule has 0 N–H and O–H groups in total. The van der Waals surface area contributed by atoms with Gasteiger partial charge >= 0.3 is 0 Å². The van der Waals surface area contributed by atoms with Crippen LogP contribution in [0.3, 0.4) is 0 Å². The van der Waals surface area contributed by atoms with Crippen molar-refractivity contribution in [3.8, 4) is 5.75 Å². The Labute approximate surface area is 119 Å². The number of carbonyl (C=O) groups excluding carboxylic acids is 1. The molecule has 1 aromatic carbocycles. The van der Waals surface area contributed by atoms with E-state index in [1.807, 2.05) is 0 Å². The molecule has 4 heteroatoms. The van der Waals surface area contributed by atoms with Crippen LogP contribution in [0.25, 0.3) is 0 Å². The van der Waals surface area contributed by atoms with E-state index < -0.39 is 11.9 Å². The molecule has 0 saturated carbocycles. The van der Waals surface area contributed by atoms with Crippen LogP contribution in [0.15, 0.2) is 59.4 Å². The monoisotopic (exact) mass is 322 g/mol. The number of ether oxygens (including phenoxy) is 1. The zero-order chi connectivity index (χ0) is 14.0. The number of Topliss-reactive ketones (excluding diaryl/α,β-unsaturated/α-hetero) is 1. The molecule has 0 amide bonds. The molecule has 0 aliphatic carbocycles. The molecule has 1 aliphatic heterocycles. The molecule has 0 spiro atoms. The Bertz CT molecular complexity index is 590. The topological polar surface area (TPSA) is 26.3 Å². The third kappa shape index (κ3) is 2.84. The molecule has 0 saturated heterocycles. The van der Waals surface area contributed by atoms with Gasteiger partial charge in [0.25, 0.3) is 0 Å². The Kier molecular flexibility index (Phi) is 4.00. The zero-order valence-corrected chi connectivity index (χ0v) is 11.7. The number of halogens is 2. The van der Waals surface area contributed by atoms with Crippen molar-refractivity contribution in [1.29, 1.82) is 0 Å². The molecule has 1 atom stereocenters. The van der Waals surface area contributed by atoms with Crippen LogP contribution in [0.2, 0.25) is 0 Å². The molecule has 2 nitrogen and oxygen atoms in total. The van der Waals surface area contributed by atoms with Crippen molar-refractivity contribution in [3.05, 3.63) is 64.9 Å². The zero-order valence-electron chi connectivity index (χ0n) is 10.2. The molecular weight excluding hydrogens is 311 g/mol. The fourth-order valence-corrected chi connectivity index (χ4v) is 2.33. The first kappa shape index (κ1) is 13.7. The predicted octanol–water partition coefficient (Wildman–Crippen LogP) is 4.38. The summed E-state index contributed by atoms with van der Waals surface area (Å²) in [5.74, 6) is -0.234. The van der Waals surface area contributed by atoms with E-state index in [-0.39, 0.29) is 17.8 Å². The Balaban J connectivity index is 2.38. The fourth-order valence-electron chi connectivity index (χ4n) is 1.97. The van der Waals surface area contributed by atoms with Crippen LogP contribution in [0.1, 0.15) is 16.8 Å². The summed E-state index contributed by atoms with van der Waals surface area (Å²) in [5.41, 5.74) is 0.755. The lowest BCUT2D eigenvalue weighted by Crippen LogP contribution is -2.29. The van der Waals surface area contributed by atoms with Gasteiger partial charge in [-0.2, -0.15) is 0 Å². The third-order valence-electron chi connectivity index (χ3n) is 2.84. The van der Waals surface area contributed by atoms with E-state index in [9.17, 15) is 9.18 Å². The third-order valence-corrected chi connectivity index (χ3v) is 3.33. The summed E-state index contributed by atoms with van der Waals surface area (Å²) in [6.45, 7) is 6.78. The summed E-state index contributed by atoms with van der Waals surface area (Å²) in [4.78, 5) is 12.1. The van der Waals surface area contributed by atoms with Crippen molar-refractivity contribution in [3.63, 3.8) is 0 Å². The van der Waals surface area contributed by atoms with Gasteiger partial charge in [-0.3, -0.25) is 4.79 Å². The smallest absolute Gasteiger partial charge is 0.170 e. The standard InChI is InChI=1S/C15H12BrFO2/c1-3-4-11(9(2)17)15-8-13(18)12-7-10(16)5-6-14(12)19-15/h3-7,15H,1-2,8H2/b11-4+. The van der Waals surface area contributed by atoms with Gasteiger partial charge in [-0.05, 0) is 18.2 Å². The van der Waals surface area contributed by atoms with Crippen LogP contribution in [0.5, 0.6) is 5.75 Å². The Morgan fingerprint density at radius 1 is 1.53 bits per heavy atom. The highest BCUT2D eigenvalue weighted by Gasteiger charge is 2.30. The molecule has 2 rings (SSSR count). The largest absolute Gasteiger partial charge is 0.484 e. The van der Waals surface area contributed by atoms with Crippen molar-refractivity contribution >= 4 is 21.7 Å². The highest BCUT2D eigenvalue weighted by atomic mass is 79.9. The molecule has 1 unspecified atom stereocenters. The number of hydrogen-bond acceptors (Lipinski definition) is 2. The van der Waals surface area contributed by atoms with Crippen LogP contribution in [-0.2, 0) is 0 Å². The summed E-state index contributed by atoms with van der Waals surface area (Å²) < 4.78 is 19.9. The van der Waals surface area contributed by atoms with E-state index in [2.05, 4.69) is 29.1 Å². The number of carbonyl (C=O) groups is 1. The van der Waals surface area contributed by atoms with Gasteiger partial charge in [-0.1, -0.05) is 41.2 Å². The van der Waals surface area contributed by atoms with E-state index in [0.717, 1.165) is 4.47 Å². The van der Waals surface area contributed by atoms with Gasteiger partial charge in [-0.15, -0.1) is 0 Å². The van der Waals surface area contributed by atoms with Gasteiger partial charge in [0, 0.05) is 10.0 Å². The first-order valence-electron chi connectivity index (χ1n) is 5.69. The minimum atomic E-state index is -0.656. The predicted molar refractivity (Wildman–Crippen MR) is 76.0 cm³/mol. The van der Waals surface area contributed by atoms with Crippen LogP contribution < -0.4 is 4.74 Å². The van der Waals surface area contributed by atoms with Crippen LogP contribution in [0.4, 0.5) is 4.39 Å². The molecule has 1 heterocycles. The lowest BCUT2D eigenvalue weighted by Gasteiger charge is -2.26. The van der Waals surface area contributed by atoms with Gasteiger partial charge in [0.1, 0.15) is 17.7 Å². The van der Waals surface area contributed by atoms with Gasteiger partial charge in [-0.25, -0.2) is 4.39 Å². The molecule has 1 aromatic rings. The lowest BCUT2D eigenvalue weighted by atomic mass is 9.95. The number of hydrogen-bond donors (Lipinski definition) is 0. The van der Waals surface area contributed by atoms with Crippen LogP contribution in [0, 0.1) is 0 Å². The van der Waals surface area contributed by atoms with Gasteiger partial charge in [0.05, 0.1) is 12.0 Å². The van der Waals surface area contributed by atoms with E-state index in [1.54, 1.807) is 18.2 Å².